The van der Waals surface area contributed by atoms with Crippen molar-refractivity contribution in [2.75, 3.05) is 19.8 Å². The molecule has 0 aromatic rings. The molecule has 33 heavy (non-hydrogen) atoms. The standard InChI is InChI=1S/C25H42O8/c1-8-11-12-14-32-20(27)23(4,5)16-25(7,17-24(6,9-2)21(28)30-10-3)22(29)33-18-13-15-31-19(18)26/h18H,8-17H2,1-7H3. The molecule has 1 rings (SSSR count). The van der Waals surface area contributed by atoms with Crippen molar-refractivity contribution >= 4 is 23.9 Å². The molecule has 1 fully saturated rings. The Morgan fingerprint density at radius 2 is 1.58 bits per heavy atom. The smallest absolute Gasteiger partial charge is 0.347 e. The molecule has 3 unspecified atom stereocenters. The lowest BCUT2D eigenvalue weighted by molar-refractivity contribution is -0.175. The maximum absolute atomic E-state index is 13.4. The van der Waals surface area contributed by atoms with Gasteiger partial charge in [0.2, 0.25) is 6.10 Å². The van der Waals surface area contributed by atoms with E-state index in [1.807, 2.05) is 6.92 Å². The molecule has 3 atom stereocenters. The van der Waals surface area contributed by atoms with E-state index >= 15 is 0 Å². The SMILES string of the molecule is CCCCCOC(=O)C(C)(C)CC(C)(CC(C)(CC)C(=O)OCC)C(=O)OC1CCOC1=O. The van der Waals surface area contributed by atoms with E-state index in [0.717, 1.165) is 19.3 Å². The molecule has 0 bridgehead atoms. The fraction of sp³-hybridized carbons (Fsp3) is 0.840. The first-order valence-corrected chi connectivity index (χ1v) is 12.1. The lowest BCUT2D eigenvalue weighted by Gasteiger charge is -2.39. The van der Waals surface area contributed by atoms with Gasteiger partial charge in [0.25, 0.3) is 0 Å². The summed E-state index contributed by atoms with van der Waals surface area (Å²) in [5, 5.41) is 0. The molecular weight excluding hydrogens is 428 g/mol. The van der Waals surface area contributed by atoms with Crippen LogP contribution in [0, 0.1) is 16.2 Å². The monoisotopic (exact) mass is 470 g/mol. The van der Waals surface area contributed by atoms with Crippen molar-refractivity contribution in [2.45, 2.75) is 99.5 Å². The molecule has 1 aliphatic rings. The summed E-state index contributed by atoms with van der Waals surface area (Å²) in [5.41, 5.74) is -3.23. The van der Waals surface area contributed by atoms with Gasteiger partial charge in [-0.15, -0.1) is 0 Å². The van der Waals surface area contributed by atoms with Crippen LogP contribution < -0.4 is 0 Å². The number of unbranched alkanes of at least 4 members (excludes halogenated alkanes) is 2. The van der Waals surface area contributed by atoms with Crippen LogP contribution in [-0.2, 0) is 38.1 Å². The van der Waals surface area contributed by atoms with Gasteiger partial charge in [-0.2, -0.15) is 0 Å². The van der Waals surface area contributed by atoms with Gasteiger partial charge in [-0.05, 0) is 60.3 Å². The zero-order valence-electron chi connectivity index (χ0n) is 21.4. The highest BCUT2D eigenvalue weighted by Gasteiger charge is 2.51. The van der Waals surface area contributed by atoms with Gasteiger partial charge < -0.3 is 18.9 Å². The van der Waals surface area contributed by atoms with Gasteiger partial charge in [0.05, 0.1) is 36.1 Å². The average Bonchev–Trinajstić information content (AvgIpc) is 3.14. The maximum atomic E-state index is 13.4. The van der Waals surface area contributed by atoms with E-state index < -0.39 is 46.2 Å². The van der Waals surface area contributed by atoms with Gasteiger partial charge in [0.1, 0.15) is 0 Å². The summed E-state index contributed by atoms with van der Waals surface area (Å²) in [6.07, 6.45) is 2.68. The van der Waals surface area contributed by atoms with Gasteiger partial charge in [-0.1, -0.05) is 26.7 Å². The molecule has 0 spiro atoms. The summed E-state index contributed by atoms with van der Waals surface area (Å²) < 4.78 is 21.2. The number of hydrogen-bond acceptors (Lipinski definition) is 8. The van der Waals surface area contributed by atoms with Crippen molar-refractivity contribution in [3.63, 3.8) is 0 Å². The first kappa shape index (κ1) is 28.9. The van der Waals surface area contributed by atoms with Crippen LogP contribution in [0.2, 0.25) is 0 Å². The average molecular weight is 471 g/mol. The van der Waals surface area contributed by atoms with E-state index in [4.69, 9.17) is 18.9 Å². The third kappa shape index (κ3) is 8.00. The predicted molar refractivity (Wildman–Crippen MR) is 122 cm³/mol. The minimum Gasteiger partial charge on any atom is -0.466 e. The van der Waals surface area contributed by atoms with Crippen LogP contribution in [0.1, 0.15) is 93.4 Å². The molecule has 8 heteroatoms. The van der Waals surface area contributed by atoms with E-state index in [0.29, 0.717) is 13.0 Å². The van der Waals surface area contributed by atoms with E-state index in [2.05, 4.69) is 6.92 Å². The van der Waals surface area contributed by atoms with Crippen LogP contribution in [0.4, 0.5) is 0 Å². The Kier molecular flexibility index (Phi) is 10.8. The van der Waals surface area contributed by atoms with E-state index in [9.17, 15) is 19.2 Å². The molecule has 190 valence electrons. The minimum absolute atomic E-state index is 0.0855. The Morgan fingerprint density at radius 3 is 2.09 bits per heavy atom. The predicted octanol–water partition coefficient (Wildman–Crippen LogP) is 4.37. The Hall–Kier alpha value is -2.12. The molecule has 1 aliphatic heterocycles. The second-order valence-corrected chi connectivity index (χ2v) is 10.1. The minimum atomic E-state index is -1.24. The van der Waals surface area contributed by atoms with Crippen molar-refractivity contribution in [2.24, 2.45) is 16.2 Å². The summed E-state index contributed by atoms with van der Waals surface area (Å²) in [7, 11) is 0. The molecule has 0 radical (unpaired) electrons. The summed E-state index contributed by atoms with van der Waals surface area (Å²) in [6.45, 7) is 13.2. The lowest BCUT2D eigenvalue weighted by atomic mass is 9.65. The zero-order chi connectivity index (χ0) is 25.3. The fourth-order valence-corrected chi connectivity index (χ4v) is 4.33. The topological polar surface area (TPSA) is 105 Å². The van der Waals surface area contributed by atoms with Gasteiger partial charge in [0, 0.05) is 6.42 Å². The fourth-order valence-electron chi connectivity index (χ4n) is 4.33. The quantitative estimate of drug-likeness (QED) is 0.209. The van der Waals surface area contributed by atoms with Crippen molar-refractivity contribution in [3.05, 3.63) is 0 Å². The van der Waals surface area contributed by atoms with Crippen molar-refractivity contribution in [1.82, 2.24) is 0 Å². The van der Waals surface area contributed by atoms with Crippen molar-refractivity contribution < 1.29 is 38.1 Å². The number of ether oxygens (including phenoxy) is 4. The molecule has 8 nitrogen and oxygen atoms in total. The second kappa shape index (κ2) is 12.4. The molecule has 0 aromatic heterocycles. The molecule has 0 amide bonds. The number of carbonyl (C=O) groups is 4. The normalized spacial score (nSPS) is 19.7. The third-order valence-corrected chi connectivity index (χ3v) is 6.32. The highest BCUT2D eigenvalue weighted by molar-refractivity contribution is 5.85. The second-order valence-electron chi connectivity index (χ2n) is 10.1. The highest BCUT2D eigenvalue weighted by Crippen LogP contribution is 2.46. The Labute approximate surface area is 198 Å². The number of esters is 4. The van der Waals surface area contributed by atoms with E-state index in [1.54, 1.807) is 34.6 Å². The van der Waals surface area contributed by atoms with Crippen LogP contribution >= 0.6 is 0 Å². The molecule has 0 aliphatic carbocycles. The summed E-state index contributed by atoms with van der Waals surface area (Å²) in [4.78, 5) is 50.9. The molecule has 0 aromatic carbocycles. The van der Waals surface area contributed by atoms with Crippen LogP contribution in [-0.4, -0.2) is 49.8 Å². The summed E-state index contributed by atoms with van der Waals surface area (Å²) >= 11 is 0. The molecule has 1 saturated heterocycles. The van der Waals surface area contributed by atoms with Crippen LogP contribution in [0.25, 0.3) is 0 Å². The summed E-state index contributed by atoms with van der Waals surface area (Å²) in [5.74, 6) is -2.04. The van der Waals surface area contributed by atoms with Crippen molar-refractivity contribution in [1.29, 1.82) is 0 Å². The highest BCUT2D eigenvalue weighted by atomic mass is 16.6. The van der Waals surface area contributed by atoms with Crippen LogP contribution in [0.3, 0.4) is 0 Å². The number of cyclic esters (lactones) is 1. The lowest BCUT2D eigenvalue weighted by Crippen LogP contribution is -2.45. The number of hydrogen-bond donors (Lipinski definition) is 0. The molecular formula is C25H42O8. The molecule has 0 N–H and O–H groups in total. The van der Waals surface area contributed by atoms with Gasteiger partial charge in [-0.3, -0.25) is 14.4 Å². The van der Waals surface area contributed by atoms with Gasteiger partial charge in [0.15, 0.2) is 0 Å². The largest absolute Gasteiger partial charge is 0.466 e. The van der Waals surface area contributed by atoms with Crippen LogP contribution in [0.5, 0.6) is 0 Å². The van der Waals surface area contributed by atoms with Gasteiger partial charge in [-0.25, -0.2) is 4.79 Å². The maximum Gasteiger partial charge on any atom is 0.347 e. The molecule has 1 heterocycles. The Bertz CT molecular complexity index is 701. The van der Waals surface area contributed by atoms with E-state index in [-0.39, 0.29) is 32.5 Å². The van der Waals surface area contributed by atoms with E-state index in [1.165, 1.54) is 0 Å². The number of rotatable bonds is 14. The Balaban J connectivity index is 3.16. The first-order chi connectivity index (χ1) is 15.3. The van der Waals surface area contributed by atoms with Crippen LogP contribution in [0.15, 0.2) is 0 Å². The summed E-state index contributed by atoms with van der Waals surface area (Å²) in [6, 6.07) is 0. The first-order valence-electron chi connectivity index (χ1n) is 12.1. The Morgan fingerprint density at radius 1 is 0.909 bits per heavy atom. The molecule has 0 saturated carbocycles. The zero-order valence-corrected chi connectivity index (χ0v) is 21.4. The van der Waals surface area contributed by atoms with Crippen molar-refractivity contribution in [3.8, 4) is 0 Å². The third-order valence-electron chi connectivity index (χ3n) is 6.32. The van der Waals surface area contributed by atoms with Gasteiger partial charge >= 0.3 is 23.9 Å². The number of carbonyl (C=O) groups excluding carboxylic acids is 4.